The second kappa shape index (κ2) is 8.40. The van der Waals surface area contributed by atoms with Crippen molar-refractivity contribution < 1.29 is 9.13 Å². The predicted molar refractivity (Wildman–Crippen MR) is 133 cm³/mol. The van der Waals surface area contributed by atoms with Gasteiger partial charge in [-0.15, -0.1) is 0 Å². The fraction of sp³-hybridized carbons (Fsp3) is 0.464. The predicted octanol–water partition coefficient (Wildman–Crippen LogP) is 5.89. The number of ether oxygens (including phenoxy) is 1. The van der Waals surface area contributed by atoms with Crippen molar-refractivity contribution in [3.8, 4) is 11.3 Å². The third-order valence-corrected chi connectivity index (χ3v) is 7.82. The molecule has 7 nitrogen and oxygen atoms in total. The number of halogens is 1. The maximum atomic E-state index is 15.4. The Morgan fingerprint density at radius 3 is 2.53 bits per heavy atom. The van der Waals surface area contributed by atoms with Crippen LogP contribution in [0.2, 0.25) is 0 Å². The van der Waals surface area contributed by atoms with E-state index in [9.17, 15) is 0 Å². The van der Waals surface area contributed by atoms with Crippen LogP contribution in [0.4, 0.5) is 4.39 Å². The zero-order valence-corrected chi connectivity index (χ0v) is 20.6. The molecule has 2 aliphatic carbocycles. The van der Waals surface area contributed by atoms with Gasteiger partial charge in [0, 0.05) is 29.8 Å². The summed E-state index contributed by atoms with van der Waals surface area (Å²) < 4.78 is 23.6. The summed E-state index contributed by atoms with van der Waals surface area (Å²) in [5.41, 5.74) is 5.83. The molecular weight excluding hydrogens is 455 g/mol. The summed E-state index contributed by atoms with van der Waals surface area (Å²) in [5, 5.41) is 4.54. The number of nitrogens with zero attached hydrogens (tertiary/aromatic N) is 6. The topological polar surface area (TPSA) is 78.6 Å². The first-order valence-corrected chi connectivity index (χ1v) is 13.0. The van der Waals surface area contributed by atoms with Crippen LogP contribution in [0.1, 0.15) is 90.8 Å². The number of fused-ring (bicyclic) bond motifs is 1. The minimum Gasteiger partial charge on any atom is -0.373 e. The molecule has 1 aliphatic heterocycles. The molecule has 0 bridgehead atoms. The zero-order valence-electron chi connectivity index (χ0n) is 20.6. The highest BCUT2D eigenvalue weighted by Gasteiger charge is 2.31. The van der Waals surface area contributed by atoms with Crippen molar-refractivity contribution in [1.29, 1.82) is 0 Å². The third kappa shape index (κ3) is 3.97. The monoisotopic (exact) mass is 484 g/mol. The van der Waals surface area contributed by atoms with E-state index >= 15 is 4.39 Å². The highest BCUT2D eigenvalue weighted by atomic mass is 19.1. The van der Waals surface area contributed by atoms with Crippen molar-refractivity contribution in [2.24, 2.45) is 0 Å². The van der Waals surface area contributed by atoms with Gasteiger partial charge in [-0.3, -0.25) is 4.68 Å². The number of benzene rings is 1. The van der Waals surface area contributed by atoms with Crippen LogP contribution in [0.3, 0.4) is 0 Å². The Bertz CT molecular complexity index is 1470. The fourth-order valence-corrected chi connectivity index (χ4v) is 5.21. The Labute approximate surface area is 209 Å². The van der Waals surface area contributed by atoms with E-state index in [2.05, 4.69) is 16.0 Å². The number of hydrogen-bond donors (Lipinski definition) is 0. The van der Waals surface area contributed by atoms with E-state index in [-0.39, 0.29) is 17.8 Å². The molecule has 1 aromatic carbocycles. The first-order valence-electron chi connectivity index (χ1n) is 13.0. The van der Waals surface area contributed by atoms with Gasteiger partial charge in [0.1, 0.15) is 22.9 Å². The molecule has 3 aliphatic rings. The lowest BCUT2D eigenvalue weighted by atomic mass is 9.92. The van der Waals surface area contributed by atoms with Gasteiger partial charge in [0.05, 0.1) is 29.7 Å². The normalized spacial score (nSPS) is 22.3. The van der Waals surface area contributed by atoms with Crippen LogP contribution in [-0.4, -0.2) is 36.3 Å². The molecule has 0 radical (unpaired) electrons. The van der Waals surface area contributed by atoms with Gasteiger partial charge in [-0.05, 0) is 76.0 Å². The highest BCUT2D eigenvalue weighted by Crippen LogP contribution is 2.42. The first kappa shape index (κ1) is 22.0. The number of hydrogen-bond acceptors (Lipinski definition) is 6. The van der Waals surface area contributed by atoms with Crippen molar-refractivity contribution in [3.63, 3.8) is 0 Å². The lowest BCUT2D eigenvalue weighted by molar-refractivity contribution is 0.00396. The van der Waals surface area contributed by atoms with Crippen LogP contribution in [0.25, 0.3) is 22.4 Å². The fourth-order valence-electron chi connectivity index (χ4n) is 5.21. The van der Waals surface area contributed by atoms with E-state index in [4.69, 9.17) is 24.7 Å². The second-order valence-corrected chi connectivity index (χ2v) is 10.6. The smallest absolute Gasteiger partial charge is 0.182 e. The van der Waals surface area contributed by atoms with Crippen LogP contribution in [0, 0.1) is 19.7 Å². The first-order chi connectivity index (χ1) is 17.5. The van der Waals surface area contributed by atoms with E-state index in [1.165, 1.54) is 12.8 Å². The van der Waals surface area contributed by atoms with E-state index in [1.54, 1.807) is 6.07 Å². The molecule has 2 atom stereocenters. The molecule has 184 valence electrons. The SMILES string of the molecule is Cc1nc2nc([C@@H]3CCO[C@@H](c4cnn(C5CC5)c4)C3)nc(-c3ccc(C4CC4)cc3F)c2nc1C. The van der Waals surface area contributed by atoms with E-state index in [0.717, 1.165) is 48.2 Å². The Kier molecular flexibility index (Phi) is 5.13. The minimum absolute atomic E-state index is 0.0561. The van der Waals surface area contributed by atoms with E-state index in [0.29, 0.717) is 46.8 Å². The summed E-state index contributed by atoms with van der Waals surface area (Å²) in [7, 11) is 0. The van der Waals surface area contributed by atoms with Crippen LogP contribution in [0.15, 0.2) is 30.6 Å². The molecule has 3 aromatic heterocycles. The quantitative estimate of drug-likeness (QED) is 0.352. The van der Waals surface area contributed by atoms with Gasteiger partial charge in [-0.1, -0.05) is 6.07 Å². The lowest BCUT2D eigenvalue weighted by Gasteiger charge is -2.28. The van der Waals surface area contributed by atoms with Gasteiger partial charge in [0.15, 0.2) is 5.65 Å². The van der Waals surface area contributed by atoms with Crippen LogP contribution in [-0.2, 0) is 4.74 Å². The van der Waals surface area contributed by atoms with Crippen LogP contribution in [0.5, 0.6) is 0 Å². The van der Waals surface area contributed by atoms with Gasteiger partial charge >= 0.3 is 0 Å². The average molecular weight is 485 g/mol. The highest BCUT2D eigenvalue weighted by molar-refractivity contribution is 5.87. The van der Waals surface area contributed by atoms with Gasteiger partial charge in [-0.2, -0.15) is 5.10 Å². The molecule has 8 heteroatoms. The molecule has 1 saturated heterocycles. The summed E-state index contributed by atoms with van der Waals surface area (Å²) >= 11 is 0. The van der Waals surface area contributed by atoms with Crippen LogP contribution >= 0.6 is 0 Å². The number of rotatable bonds is 5. The molecule has 4 aromatic rings. The average Bonchev–Trinajstić information content (AvgIpc) is 3.83. The van der Waals surface area contributed by atoms with Crippen molar-refractivity contribution in [1.82, 2.24) is 29.7 Å². The summed E-state index contributed by atoms with van der Waals surface area (Å²) in [5.74, 6) is 0.985. The van der Waals surface area contributed by atoms with Crippen molar-refractivity contribution in [3.05, 3.63) is 64.7 Å². The molecule has 0 spiro atoms. The third-order valence-electron chi connectivity index (χ3n) is 7.82. The molecule has 0 N–H and O–H groups in total. The summed E-state index contributed by atoms with van der Waals surface area (Å²) in [4.78, 5) is 19.3. The van der Waals surface area contributed by atoms with Gasteiger partial charge < -0.3 is 4.74 Å². The van der Waals surface area contributed by atoms with Crippen LogP contribution < -0.4 is 0 Å². The van der Waals surface area contributed by atoms with Gasteiger partial charge in [0.25, 0.3) is 0 Å². The maximum absolute atomic E-state index is 15.4. The van der Waals surface area contributed by atoms with Gasteiger partial charge in [-0.25, -0.2) is 24.3 Å². The Morgan fingerprint density at radius 1 is 0.917 bits per heavy atom. The molecule has 3 fully saturated rings. The Balaban J connectivity index is 1.28. The van der Waals surface area contributed by atoms with Gasteiger partial charge in [0.2, 0.25) is 0 Å². The Morgan fingerprint density at radius 2 is 1.75 bits per heavy atom. The second-order valence-electron chi connectivity index (χ2n) is 10.6. The summed E-state index contributed by atoms with van der Waals surface area (Å²) in [6.45, 7) is 4.46. The lowest BCUT2D eigenvalue weighted by Crippen LogP contribution is -2.20. The molecule has 36 heavy (non-hydrogen) atoms. The van der Waals surface area contributed by atoms with Crippen molar-refractivity contribution in [2.75, 3.05) is 6.61 Å². The number of aromatic nitrogens is 6. The maximum Gasteiger partial charge on any atom is 0.182 e. The van der Waals surface area contributed by atoms with Crippen molar-refractivity contribution >= 4 is 11.2 Å². The minimum atomic E-state index is -0.261. The molecule has 2 saturated carbocycles. The van der Waals surface area contributed by atoms with E-state index < -0.39 is 0 Å². The summed E-state index contributed by atoms with van der Waals surface area (Å²) in [6.07, 6.45) is 10.2. The molecule has 7 rings (SSSR count). The largest absolute Gasteiger partial charge is 0.373 e. The number of aryl methyl sites for hydroxylation is 2. The molecule has 0 unspecified atom stereocenters. The summed E-state index contributed by atoms with van der Waals surface area (Å²) in [6, 6.07) is 6.08. The molecule has 4 heterocycles. The zero-order chi connectivity index (χ0) is 24.4. The van der Waals surface area contributed by atoms with Crippen molar-refractivity contribution in [2.45, 2.75) is 76.4 Å². The molecule has 0 amide bonds. The standard InChI is InChI=1S/C28H29FN6O/c1-15-16(2)32-28-26(31-15)25(22-8-5-18(11-23(22)29)17-3-4-17)33-27(34-28)19-9-10-36-24(12-19)20-13-30-35(14-20)21-6-7-21/h5,8,11,13-14,17,19,21,24H,3-4,6-7,9-10,12H2,1-2H3/t19-,24-/m1/s1. The van der Waals surface area contributed by atoms with E-state index in [1.807, 2.05) is 32.2 Å². The molecular formula is C28H29FN6O. The Hall–Kier alpha value is -3.26.